The smallest absolute Gasteiger partial charge is 0.248 e. The fourth-order valence-corrected chi connectivity index (χ4v) is 3.79. The molecule has 2 N–H and O–H groups in total. The standard InChI is InChI=1S/C21H24N2O3/c22-21(24)16-6-4-15(5-7-16)14-23-10-1-3-18(23)17-8-9-19-20(13-17)26-12-2-11-25-19/h4-9,13,18H,1-3,10-12,14H2,(H2,22,24)/t18-/m0/s1. The van der Waals surface area contributed by atoms with E-state index in [1.165, 1.54) is 17.5 Å². The number of ether oxygens (including phenoxy) is 2. The van der Waals surface area contributed by atoms with E-state index in [-0.39, 0.29) is 5.91 Å². The van der Waals surface area contributed by atoms with Gasteiger partial charge in [-0.15, -0.1) is 0 Å². The van der Waals surface area contributed by atoms with Gasteiger partial charge in [0, 0.05) is 24.6 Å². The van der Waals surface area contributed by atoms with Gasteiger partial charge in [0.05, 0.1) is 13.2 Å². The molecule has 0 saturated carbocycles. The highest BCUT2D eigenvalue weighted by atomic mass is 16.5. The Labute approximate surface area is 153 Å². The van der Waals surface area contributed by atoms with E-state index in [9.17, 15) is 4.79 Å². The summed E-state index contributed by atoms with van der Waals surface area (Å²) in [6, 6.07) is 14.3. The highest BCUT2D eigenvalue weighted by Crippen LogP contribution is 2.38. The van der Waals surface area contributed by atoms with E-state index in [2.05, 4.69) is 17.0 Å². The van der Waals surface area contributed by atoms with Crippen LogP contribution in [0.15, 0.2) is 42.5 Å². The van der Waals surface area contributed by atoms with Crippen molar-refractivity contribution < 1.29 is 14.3 Å². The normalized spacial score (nSPS) is 19.9. The van der Waals surface area contributed by atoms with Gasteiger partial charge in [0.2, 0.25) is 5.91 Å². The molecule has 136 valence electrons. The summed E-state index contributed by atoms with van der Waals surface area (Å²) >= 11 is 0. The van der Waals surface area contributed by atoms with Crippen LogP contribution in [0.2, 0.25) is 0 Å². The number of likely N-dealkylation sites (tertiary alicyclic amines) is 1. The maximum atomic E-state index is 11.2. The van der Waals surface area contributed by atoms with Crippen molar-refractivity contribution in [1.82, 2.24) is 4.90 Å². The van der Waals surface area contributed by atoms with Gasteiger partial charge in [-0.1, -0.05) is 18.2 Å². The topological polar surface area (TPSA) is 64.8 Å². The highest BCUT2D eigenvalue weighted by molar-refractivity contribution is 5.92. The minimum Gasteiger partial charge on any atom is -0.490 e. The average molecular weight is 352 g/mol. The van der Waals surface area contributed by atoms with Crippen LogP contribution in [0, 0.1) is 0 Å². The van der Waals surface area contributed by atoms with Gasteiger partial charge in [-0.05, 0) is 54.8 Å². The third-order valence-electron chi connectivity index (χ3n) is 5.14. The lowest BCUT2D eigenvalue weighted by Crippen LogP contribution is -2.23. The molecule has 5 nitrogen and oxygen atoms in total. The first kappa shape index (κ1) is 16.9. The molecule has 1 saturated heterocycles. The molecule has 2 aromatic rings. The molecular formula is C21H24N2O3. The molecule has 1 fully saturated rings. The van der Waals surface area contributed by atoms with Gasteiger partial charge >= 0.3 is 0 Å². The molecule has 0 aromatic heterocycles. The summed E-state index contributed by atoms with van der Waals surface area (Å²) in [5.41, 5.74) is 8.34. The zero-order valence-electron chi connectivity index (χ0n) is 14.8. The summed E-state index contributed by atoms with van der Waals surface area (Å²) in [6.07, 6.45) is 3.23. The molecule has 0 spiro atoms. The van der Waals surface area contributed by atoms with Gasteiger partial charge in [-0.2, -0.15) is 0 Å². The average Bonchev–Trinajstić information content (AvgIpc) is 2.97. The van der Waals surface area contributed by atoms with E-state index in [1.807, 2.05) is 18.2 Å². The second-order valence-electron chi connectivity index (χ2n) is 6.95. The molecule has 0 bridgehead atoms. The molecule has 2 aliphatic rings. The number of rotatable bonds is 4. The zero-order valence-corrected chi connectivity index (χ0v) is 14.8. The summed E-state index contributed by atoms with van der Waals surface area (Å²) in [7, 11) is 0. The SMILES string of the molecule is NC(=O)c1ccc(CN2CCC[C@H]2c2ccc3c(c2)OCCCO3)cc1. The van der Waals surface area contributed by atoms with Crippen molar-refractivity contribution in [3.63, 3.8) is 0 Å². The Hall–Kier alpha value is -2.53. The molecule has 2 aromatic carbocycles. The van der Waals surface area contributed by atoms with Crippen LogP contribution in [0.25, 0.3) is 0 Å². The van der Waals surface area contributed by atoms with E-state index in [0.29, 0.717) is 24.8 Å². The predicted octanol–water partition coefficient (Wildman–Crippen LogP) is 3.28. The van der Waals surface area contributed by atoms with Crippen molar-refractivity contribution in [3.05, 3.63) is 59.2 Å². The van der Waals surface area contributed by atoms with E-state index in [1.54, 1.807) is 12.1 Å². The number of carbonyl (C=O) groups is 1. The number of amides is 1. The van der Waals surface area contributed by atoms with E-state index < -0.39 is 0 Å². The number of carbonyl (C=O) groups excluding carboxylic acids is 1. The monoisotopic (exact) mass is 352 g/mol. The third-order valence-corrected chi connectivity index (χ3v) is 5.14. The second kappa shape index (κ2) is 7.38. The second-order valence-corrected chi connectivity index (χ2v) is 6.95. The number of benzene rings is 2. The number of hydrogen-bond acceptors (Lipinski definition) is 4. The summed E-state index contributed by atoms with van der Waals surface area (Å²) in [4.78, 5) is 13.7. The molecule has 5 heteroatoms. The summed E-state index contributed by atoms with van der Waals surface area (Å²) in [5, 5.41) is 0. The van der Waals surface area contributed by atoms with Crippen molar-refractivity contribution in [2.24, 2.45) is 5.73 Å². The molecule has 1 amide bonds. The molecule has 2 heterocycles. The van der Waals surface area contributed by atoms with Gasteiger partial charge in [-0.25, -0.2) is 0 Å². The molecule has 1 atom stereocenters. The minimum absolute atomic E-state index is 0.378. The number of primary amides is 1. The lowest BCUT2D eigenvalue weighted by atomic mass is 10.0. The molecule has 2 aliphatic heterocycles. The van der Waals surface area contributed by atoms with Crippen LogP contribution < -0.4 is 15.2 Å². The van der Waals surface area contributed by atoms with Gasteiger partial charge in [0.15, 0.2) is 11.5 Å². The number of nitrogens with two attached hydrogens (primary N) is 1. The van der Waals surface area contributed by atoms with E-state index in [0.717, 1.165) is 37.4 Å². The van der Waals surface area contributed by atoms with Crippen LogP contribution in [-0.2, 0) is 6.54 Å². The highest BCUT2D eigenvalue weighted by Gasteiger charge is 2.27. The van der Waals surface area contributed by atoms with Crippen molar-refractivity contribution in [1.29, 1.82) is 0 Å². The van der Waals surface area contributed by atoms with Crippen LogP contribution in [0.1, 0.15) is 46.8 Å². The lowest BCUT2D eigenvalue weighted by molar-refractivity contribution is 0.1000. The maximum absolute atomic E-state index is 11.2. The van der Waals surface area contributed by atoms with Crippen LogP contribution in [0.3, 0.4) is 0 Å². The number of nitrogens with zero attached hydrogens (tertiary/aromatic N) is 1. The molecule has 0 radical (unpaired) electrons. The lowest BCUT2D eigenvalue weighted by Gasteiger charge is -2.25. The van der Waals surface area contributed by atoms with Gasteiger partial charge in [0.1, 0.15) is 0 Å². The zero-order chi connectivity index (χ0) is 17.9. The molecule has 0 aliphatic carbocycles. The Kier molecular flexibility index (Phi) is 4.80. The van der Waals surface area contributed by atoms with E-state index >= 15 is 0 Å². The van der Waals surface area contributed by atoms with Crippen molar-refractivity contribution in [3.8, 4) is 11.5 Å². The fourth-order valence-electron chi connectivity index (χ4n) is 3.79. The van der Waals surface area contributed by atoms with Gasteiger partial charge in [-0.3, -0.25) is 9.69 Å². The maximum Gasteiger partial charge on any atom is 0.248 e. The first-order valence-corrected chi connectivity index (χ1v) is 9.23. The van der Waals surface area contributed by atoms with E-state index in [4.69, 9.17) is 15.2 Å². The number of fused-ring (bicyclic) bond motifs is 1. The Morgan fingerprint density at radius 2 is 1.81 bits per heavy atom. The predicted molar refractivity (Wildman–Crippen MR) is 99.4 cm³/mol. The van der Waals surface area contributed by atoms with Crippen LogP contribution in [0.5, 0.6) is 11.5 Å². The minimum atomic E-state index is -0.386. The Morgan fingerprint density at radius 3 is 2.58 bits per heavy atom. The quantitative estimate of drug-likeness (QED) is 0.917. The van der Waals surface area contributed by atoms with Crippen LogP contribution >= 0.6 is 0 Å². The fraction of sp³-hybridized carbons (Fsp3) is 0.381. The van der Waals surface area contributed by atoms with Gasteiger partial charge in [0.25, 0.3) is 0 Å². The van der Waals surface area contributed by atoms with Gasteiger partial charge < -0.3 is 15.2 Å². The largest absolute Gasteiger partial charge is 0.490 e. The number of hydrogen-bond donors (Lipinski definition) is 1. The third kappa shape index (κ3) is 3.53. The first-order valence-electron chi connectivity index (χ1n) is 9.23. The summed E-state index contributed by atoms with van der Waals surface area (Å²) < 4.78 is 11.6. The Morgan fingerprint density at radius 1 is 1.04 bits per heavy atom. The van der Waals surface area contributed by atoms with Crippen LogP contribution in [0.4, 0.5) is 0 Å². The Bertz CT molecular complexity index is 788. The molecule has 0 unspecified atom stereocenters. The van der Waals surface area contributed by atoms with Crippen molar-refractivity contribution >= 4 is 5.91 Å². The first-order chi connectivity index (χ1) is 12.7. The summed E-state index contributed by atoms with van der Waals surface area (Å²) in [6.45, 7) is 3.34. The molecule has 4 rings (SSSR count). The molecular weight excluding hydrogens is 328 g/mol. The van der Waals surface area contributed by atoms with Crippen LogP contribution in [-0.4, -0.2) is 30.6 Å². The van der Waals surface area contributed by atoms with Crippen molar-refractivity contribution in [2.45, 2.75) is 31.8 Å². The van der Waals surface area contributed by atoms with Crippen molar-refractivity contribution in [2.75, 3.05) is 19.8 Å². The Balaban J connectivity index is 1.51. The molecule has 26 heavy (non-hydrogen) atoms. The summed E-state index contributed by atoms with van der Waals surface area (Å²) in [5.74, 6) is 1.32.